The number of esters is 3. The van der Waals surface area contributed by atoms with Crippen molar-refractivity contribution in [1.82, 2.24) is 0 Å². The van der Waals surface area contributed by atoms with Crippen LogP contribution in [0, 0.1) is 0 Å². The smallest absolute Gasteiger partial charge is 0.306 e. The lowest BCUT2D eigenvalue weighted by atomic mass is 10.0. The molecule has 0 radical (unpaired) electrons. The maximum Gasteiger partial charge on any atom is 0.306 e. The third-order valence-corrected chi connectivity index (χ3v) is 12.1. The van der Waals surface area contributed by atoms with Gasteiger partial charge in [0, 0.05) is 19.3 Å². The van der Waals surface area contributed by atoms with Crippen LogP contribution in [0.4, 0.5) is 0 Å². The summed E-state index contributed by atoms with van der Waals surface area (Å²) in [5.74, 6) is -1.01. The van der Waals surface area contributed by atoms with Crippen LogP contribution in [-0.2, 0) is 28.6 Å². The number of allylic oxidation sites excluding steroid dienone is 16. The van der Waals surface area contributed by atoms with Crippen LogP contribution < -0.4 is 0 Å². The molecular weight excluding hydrogens is 853 g/mol. The van der Waals surface area contributed by atoms with Gasteiger partial charge in [-0.05, 0) is 96.3 Å². The lowest BCUT2D eigenvalue weighted by Gasteiger charge is -2.18. The Morgan fingerprint density at radius 1 is 0.304 bits per heavy atom. The highest BCUT2D eigenvalue weighted by Crippen LogP contribution is 2.16. The van der Waals surface area contributed by atoms with Crippen molar-refractivity contribution in [3.8, 4) is 0 Å². The highest BCUT2D eigenvalue weighted by molar-refractivity contribution is 5.71. The highest BCUT2D eigenvalue weighted by atomic mass is 16.6. The molecule has 0 aromatic carbocycles. The molecule has 0 spiro atoms. The predicted octanol–water partition coefficient (Wildman–Crippen LogP) is 19.3. The van der Waals surface area contributed by atoms with Crippen molar-refractivity contribution in [3.05, 3.63) is 97.2 Å². The zero-order valence-electron chi connectivity index (χ0n) is 45.0. The average molecular weight is 960 g/mol. The van der Waals surface area contributed by atoms with Crippen LogP contribution in [0.3, 0.4) is 0 Å². The van der Waals surface area contributed by atoms with Gasteiger partial charge in [0.15, 0.2) is 6.10 Å². The van der Waals surface area contributed by atoms with Crippen molar-refractivity contribution in [1.29, 1.82) is 0 Å². The Bertz CT molecular complexity index is 1380. The molecule has 0 amide bonds. The summed E-state index contributed by atoms with van der Waals surface area (Å²) < 4.78 is 16.8. The molecule has 0 aromatic heterocycles. The average Bonchev–Trinajstić information content (AvgIpc) is 3.35. The van der Waals surface area contributed by atoms with E-state index in [2.05, 4.69) is 118 Å². The number of hydrogen-bond donors (Lipinski definition) is 0. The number of carbonyl (C=O) groups is 3. The van der Waals surface area contributed by atoms with Gasteiger partial charge in [0.2, 0.25) is 0 Å². The molecule has 0 fully saturated rings. The van der Waals surface area contributed by atoms with E-state index in [-0.39, 0.29) is 37.5 Å². The Morgan fingerprint density at radius 2 is 0.580 bits per heavy atom. The minimum Gasteiger partial charge on any atom is -0.462 e. The van der Waals surface area contributed by atoms with Crippen molar-refractivity contribution in [3.63, 3.8) is 0 Å². The van der Waals surface area contributed by atoms with E-state index < -0.39 is 6.10 Å². The van der Waals surface area contributed by atoms with Gasteiger partial charge >= 0.3 is 17.9 Å². The second-order valence-corrected chi connectivity index (χ2v) is 18.8. The molecule has 0 bridgehead atoms. The Hall–Kier alpha value is -3.67. The largest absolute Gasteiger partial charge is 0.462 e. The molecule has 394 valence electrons. The number of carbonyl (C=O) groups excluding carboxylic acids is 3. The fourth-order valence-corrected chi connectivity index (χ4v) is 7.78. The Balaban J connectivity index is 4.49. The minimum absolute atomic E-state index is 0.111. The SMILES string of the molecule is CC/C=C\C/C=C\C/C=C\C/C=C\C/C=C\CCCC(=O)O[C@H](COC(=O)CCCC/C=C\C/C=C\C/C=C\CCCCC)COC(=O)CCCCCCCCCCCCCCCCCCCCC. The fraction of sp³-hybridized carbons (Fsp3) is 0.698. The first-order valence-electron chi connectivity index (χ1n) is 28.7. The minimum atomic E-state index is -0.822. The molecule has 0 aliphatic carbocycles. The zero-order chi connectivity index (χ0) is 50.0. The predicted molar refractivity (Wildman–Crippen MR) is 297 cm³/mol. The summed E-state index contributed by atoms with van der Waals surface area (Å²) >= 11 is 0. The molecule has 6 heteroatoms. The number of ether oxygens (including phenoxy) is 3. The molecule has 0 unspecified atom stereocenters. The van der Waals surface area contributed by atoms with E-state index >= 15 is 0 Å². The van der Waals surface area contributed by atoms with Crippen molar-refractivity contribution in [2.45, 2.75) is 271 Å². The van der Waals surface area contributed by atoms with Crippen LogP contribution in [0.5, 0.6) is 0 Å². The van der Waals surface area contributed by atoms with Crippen molar-refractivity contribution >= 4 is 17.9 Å². The molecule has 0 aliphatic heterocycles. The lowest BCUT2D eigenvalue weighted by molar-refractivity contribution is -0.167. The number of unbranched alkanes of at least 4 members (excludes halogenated alkanes) is 24. The highest BCUT2D eigenvalue weighted by Gasteiger charge is 2.19. The Morgan fingerprint density at radius 3 is 0.957 bits per heavy atom. The second-order valence-electron chi connectivity index (χ2n) is 18.8. The molecule has 0 aliphatic rings. The monoisotopic (exact) mass is 959 g/mol. The third-order valence-electron chi connectivity index (χ3n) is 12.1. The fourth-order valence-electron chi connectivity index (χ4n) is 7.78. The molecular formula is C63H106O6. The van der Waals surface area contributed by atoms with Gasteiger partial charge in [-0.15, -0.1) is 0 Å². The standard InChI is InChI=1S/C63H106O6/c1-4-7-10-13-16-19-22-25-28-30-31-33-35-38-41-44-47-50-53-56-62(65)68-59-60(58-67-61(64)55-52-49-46-43-40-37-34-27-24-21-18-15-12-9-6-3)69-63(66)57-54-51-48-45-42-39-36-32-29-26-23-20-17-14-11-8-5-2/h8,11,17-18,20-21,26-27,29,34,36,39-40,43,45,48,60H,4-7,9-10,12-16,19,22-25,28,30-33,35,37-38,41-42,44,46-47,49-59H2,1-3H3/b11-8-,20-17-,21-18-,29-26-,34-27-,39-36-,43-40-,48-45-/t60-/m1/s1. The maximum absolute atomic E-state index is 12.8. The summed E-state index contributed by atoms with van der Waals surface area (Å²) in [5, 5.41) is 0. The molecule has 6 nitrogen and oxygen atoms in total. The number of hydrogen-bond acceptors (Lipinski definition) is 6. The molecule has 69 heavy (non-hydrogen) atoms. The van der Waals surface area contributed by atoms with E-state index in [0.29, 0.717) is 19.3 Å². The molecule has 0 heterocycles. The van der Waals surface area contributed by atoms with Crippen molar-refractivity contribution < 1.29 is 28.6 Å². The van der Waals surface area contributed by atoms with E-state index in [4.69, 9.17) is 14.2 Å². The summed E-state index contributed by atoms with van der Waals surface area (Å²) in [5.41, 5.74) is 0. The van der Waals surface area contributed by atoms with Crippen LogP contribution in [-0.4, -0.2) is 37.2 Å². The zero-order valence-corrected chi connectivity index (χ0v) is 45.0. The van der Waals surface area contributed by atoms with E-state index in [0.717, 1.165) is 89.9 Å². The van der Waals surface area contributed by atoms with Gasteiger partial charge in [0.1, 0.15) is 13.2 Å². The van der Waals surface area contributed by atoms with Gasteiger partial charge < -0.3 is 14.2 Å². The topological polar surface area (TPSA) is 78.9 Å². The van der Waals surface area contributed by atoms with E-state index in [1.54, 1.807) is 0 Å². The Labute approximate surface area is 426 Å². The normalized spacial score (nSPS) is 12.8. The summed E-state index contributed by atoms with van der Waals surface area (Å²) in [6.45, 7) is 6.43. The maximum atomic E-state index is 12.8. The van der Waals surface area contributed by atoms with Crippen LogP contribution in [0.2, 0.25) is 0 Å². The van der Waals surface area contributed by atoms with Crippen molar-refractivity contribution in [2.75, 3.05) is 13.2 Å². The summed E-state index contributed by atoms with van der Waals surface area (Å²) in [4.78, 5) is 38.1. The van der Waals surface area contributed by atoms with Gasteiger partial charge in [-0.3, -0.25) is 14.4 Å². The molecule has 0 aromatic rings. The summed E-state index contributed by atoms with van der Waals surface area (Å²) in [6, 6.07) is 0. The quantitative estimate of drug-likeness (QED) is 0.0262. The van der Waals surface area contributed by atoms with Gasteiger partial charge in [0.05, 0.1) is 0 Å². The second kappa shape index (κ2) is 56.9. The van der Waals surface area contributed by atoms with Crippen molar-refractivity contribution in [2.24, 2.45) is 0 Å². The van der Waals surface area contributed by atoms with Crippen LogP contribution >= 0.6 is 0 Å². The van der Waals surface area contributed by atoms with Gasteiger partial charge in [-0.1, -0.05) is 246 Å². The summed E-state index contributed by atoms with van der Waals surface area (Å²) in [6.07, 6.45) is 75.5. The number of rotatable bonds is 51. The van der Waals surface area contributed by atoms with E-state index in [1.807, 2.05) is 0 Å². The molecule has 0 N–H and O–H groups in total. The van der Waals surface area contributed by atoms with Crippen LogP contribution in [0.1, 0.15) is 265 Å². The first-order valence-corrected chi connectivity index (χ1v) is 28.7. The molecule has 0 saturated carbocycles. The molecule has 1 atom stereocenters. The first-order chi connectivity index (χ1) is 34.0. The Kier molecular flexibility index (Phi) is 53.9. The van der Waals surface area contributed by atoms with Crippen LogP contribution in [0.25, 0.3) is 0 Å². The lowest BCUT2D eigenvalue weighted by Crippen LogP contribution is -2.30. The van der Waals surface area contributed by atoms with E-state index in [1.165, 1.54) is 128 Å². The van der Waals surface area contributed by atoms with Crippen LogP contribution in [0.15, 0.2) is 97.2 Å². The van der Waals surface area contributed by atoms with E-state index in [9.17, 15) is 14.4 Å². The molecule has 0 saturated heterocycles. The van der Waals surface area contributed by atoms with Gasteiger partial charge in [0.25, 0.3) is 0 Å². The molecule has 0 rings (SSSR count). The van der Waals surface area contributed by atoms with Gasteiger partial charge in [-0.2, -0.15) is 0 Å². The first kappa shape index (κ1) is 65.3. The van der Waals surface area contributed by atoms with Gasteiger partial charge in [-0.25, -0.2) is 0 Å². The summed E-state index contributed by atoms with van der Waals surface area (Å²) in [7, 11) is 0. The third kappa shape index (κ3) is 55.1.